The highest BCUT2D eigenvalue weighted by Gasteiger charge is 2.13. The number of hydrogen-bond donors (Lipinski definition) is 1. The molecule has 0 saturated heterocycles. The molecule has 0 fully saturated rings. The lowest BCUT2D eigenvalue weighted by atomic mass is 10.1. The van der Waals surface area contributed by atoms with Gasteiger partial charge < -0.3 is 19.9 Å². The lowest BCUT2D eigenvalue weighted by Gasteiger charge is -2.24. The summed E-state index contributed by atoms with van der Waals surface area (Å²) in [4.78, 5) is 2.27. The summed E-state index contributed by atoms with van der Waals surface area (Å²) in [6.07, 6.45) is 0. The van der Waals surface area contributed by atoms with Crippen LogP contribution >= 0.6 is 0 Å². The Balaban J connectivity index is 2.73. The van der Waals surface area contributed by atoms with Gasteiger partial charge in [0.1, 0.15) is 0 Å². The summed E-state index contributed by atoms with van der Waals surface area (Å²) in [5.74, 6) is 1.43. The largest absolute Gasteiger partial charge is 0.493 e. The van der Waals surface area contributed by atoms with Gasteiger partial charge in [-0.15, -0.1) is 0 Å². The quantitative estimate of drug-likeness (QED) is 0.746. The van der Waals surface area contributed by atoms with Crippen LogP contribution in [0.5, 0.6) is 11.5 Å². The van der Waals surface area contributed by atoms with Crippen LogP contribution in [0.15, 0.2) is 18.2 Å². The molecule has 2 N–H and O–H groups in total. The second-order valence-corrected chi connectivity index (χ2v) is 4.61. The molecule has 114 valence electrons. The second-order valence-electron chi connectivity index (χ2n) is 4.61. The molecular weight excluding hydrogens is 256 g/mol. The first-order chi connectivity index (χ1) is 9.65. The SMILES string of the molecule is CCN(CCOC)CC(N)c1ccc(OC)c(OC)c1. The summed E-state index contributed by atoms with van der Waals surface area (Å²) in [5, 5.41) is 0. The zero-order valence-corrected chi connectivity index (χ0v) is 12.9. The zero-order chi connectivity index (χ0) is 15.0. The number of hydrogen-bond acceptors (Lipinski definition) is 5. The molecule has 0 amide bonds. The van der Waals surface area contributed by atoms with E-state index in [0.29, 0.717) is 12.4 Å². The standard InChI is InChI=1S/C15H26N2O3/c1-5-17(8-9-18-2)11-13(16)12-6-7-14(19-3)15(10-12)20-4/h6-7,10,13H,5,8-9,11,16H2,1-4H3. The number of nitrogens with two attached hydrogens (primary N) is 1. The minimum absolute atomic E-state index is 0.0633. The van der Waals surface area contributed by atoms with Crippen molar-refractivity contribution in [2.24, 2.45) is 5.73 Å². The molecule has 0 saturated carbocycles. The third-order valence-corrected chi connectivity index (χ3v) is 3.35. The van der Waals surface area contributed by atoms with Gasteiger partial charge in [0, 0.05) is 26.2 Å². The molecule has 1 aromatic carbocycles. The Kier molecular flexibility index (Phi) is 7.36. The maximum absolute atomic E-state index is 6.28. The van der Waals surface area contributed by atoms with Gasteiger partial charge >= 0.3 is 0 Å². The predicted molar refractivity (Wildman–Crippen MR) is 80.5 cm³/mol. The Morgan fingerprint density at radius 1 is 1.15 bits per heavy atom. The number of ether oxygens (including phenoxy) is 3. The number of methoxy groups -OCH3 is 3. The van der Waals surface area contributed by atoms with Gasteiger partial charge in [0.15, 0.2) is 11.5 Å². The van der Waals surface area contributed by atoms with E-state index in [1.807, 2.05) is 18.2 Å². The average Bonchev–Trinajstić information content (AvgIpc) is 2.50. The number of rotatable bonds is 9. The second kappa shape index (κ2) is 8.79. The van der Waals surface area contributed by atoms with Crippen LogP contribution in [0.25, 0.3) is 0 Å². The Labute approximate surface area is 121 Å². The first-order valence-electron chi connectivity index (χ1n) is 6.85. The van der Waals surface area contributed by atoms with Crippen LogP contribution < -0.4 is 15.2 Å². The molecule has 5 heteroatoms. The molecule has 0 aliphatic heterocycles. The van der Waals surface area contributed by atoms with E-state index in [1.165, 1.54) is 0 Å². The summed E-state index contributed by atoms with van der Waals surface area (Å²) in [6.45, 7) is 5.46. The highest BCUT2D eigenvalue weighted by Crippen LogP contribution is 2.29. The topological polar surface area (TPSA) is 57.0 Å². The molecule has 0 aliphatic rings. The van der Waals surface area contributed by atoms with E-state index in [0.717, 1.165) is 30.9 Å². The van der Waals surface area contributed by atoms with Crippen LogP contribution in [0.4, 0.5) is 0 Å². The van der Waals surface area contributed by atoms with Crippen LogP contribution in [-0.2, 0) is 4.74 Å². The monoisotopic (exact) mass is 282 g/mol. The number of benzene rings is 1. The lowest BCUT2D eigenvalue weighted by Crippen LogP contribution is -2.34. The summed E-state index contributed by atoms with van der Waals surface area (Å²) in [5.41, 5.74) is 7.32. The Morgan fingerprint density at radius 3 is 2.40 bits per heavy atom. The summed E-state index contributed by atoms with van der Waals surface area (Å²) < 4.78 is 15.7. The zero-order valence-electron chi connectivity index (χ0n) is 12.9. The molecule has 0 aliphatic carbocycles. The molecule has 5 nitrogen and oxygen atoms in total. The van der Waals surface area contributed by atoms with E-state index >= 15 is 0 Å². The van der Waals surface area contributed by atoms with Crippen LogP contribution in [0.1, 0.15) is 18.5 Å². The first-order valence-corrected chi connectivity index (χ1v) is 6.85. The molecule has 1 rings (SSSR count). The van der Waals surface area contributed by atoms with Crippen LogP contribution in [0.3, 0.4) is 0 Å². The van der Waals surface area contributed by atoms with Crippen molar-refractivity contribution < 1.29 is 14.2 Å². The molecule has 1 unspecified atom stereocenters. The van der Waals surface area contributed by atoms with E-state index in [2.05, 4.69) is 11.8 Å². The van der Waals surface area contributed by atoms with Crippen molar-refractivity contribution in [3.63, 3.8) is 0 Å². The van der Waals surface area contributed by atoms with Gasteiger partial charge in [-0.3, -0.25) is 4.90 Å². The average molecular weight is 282 g/mol. The summed E-state index contributed by atoms with van der Waals surface area (Å²) in [6, 6.07) is 5.75. The molecule has 0 bridgehead atoms. The number of likely N-dealkylation sites (N-methyl/N-ethyl adjacent to an activating group) is 1. The van der Waals surface area contributed by atoms with Gasteiger partial charge in [-0.2, -0.15) is 0 Å². The minimum atomic E-state index is -0.0633. The highest BCUT2D eigenvalue weighted by molar-refractivity contribution is 5.43. The fraction of sp³-hybridized carbons (Fsp3) is 0.600. The number of nitrogens with zero attached hydrogens (tertiary/aromatic N) is 1. The molecule has 0 aromatic heterocycles. The fourth-order valence-corrected chi connectivity index (χ4v) is 2.07. The van der Waals surface area contributed by atoms with Crippen LogP contribution in [0, 0.1) is 0 Å². The third-order valence-electron chi connectivity index (χ3n) is 3.35. The first kappa shape index (κ1) is 16.8. The van der Waals surface area contributed by atoms with Crippen LogP contribution in [0.2, 0.25) is 0 Å². The van der Waals surface area contributed by atoms with Crippen molar-refractivity contribution in [2.45, 2.75) is 13.0 Å². The smallest absolute Gasteiger partial charge is 0.161 e. The van der Waals surface area contributed by atoms with Crippen LogP contribution in [-0.4, -0.2) is 52.5 Å². The van der Waals surface area contributed by atoms with Gasteiger partial charge in [-0.1, -0.05) is 13.0 Å². The molecular formula is C15H26N2O3. The third kappa shape index (κ3) is 4.67. The van der Waals surface area contributed by atoms with Gasteiger partial charge in [-0.25, -0.2) is 0 Å². The molecule has 0 heterocycles. The van der Waals surface area contributed by atoms with Gasteiger partial charge in [-0.05, 0) is 24.2 Å². The summed E-state index contributed by atoms with van der Waals surface area (Å²) >= 11 is 0. The Hall–Kier alpha value is -1.30. The van der Waals surface area contributed by atoms with Gasteiger partial charge in [0.05, 0.1) is 20.8 Å². The van der Waals surface area contributed by atoms with E-state index in [9.17, 15) is 0 Å². The van der Waals surface area contributed by atoms with Crippen molar-refractivity contribution in [1.29, 1.82) is 0 Å². The fourth-order valence-electron chi connectivity index (χ4n) is 2.07. The van der Waals surface area contributed by atoms with Crippen molar-refractivity contribution in [3.05, 3.63) is 23.8 Å². The minimum Gasteiger partial charge on any atom is -0.493 e. The molecule has 0 spiro atoms. The summed E-state index contributed by atoms with van der Waals surface area (Å²) in [7, 11) is 4.97. The molecule has 0 radical (unpaired) electrons. The Bertz CT molecular complexity index is 399. The van der Waals surface area contributed by atoms with Crippen molar-refractivity contribution >= 4 is 0 Å². The van der Waals surface area contributed by atoms with Crippen molar-refractivity contribution in [3.8, 4) is 11.5 Å². The van der Waals surface area contributed by atoms with E-state index < -0.39 is 0 Å². The van der Waals surface area contributed by atoms with Crippen molar-refractivity contribution in [2.75, 3.05) is 47.6 Å². The van der Waals surface area contributed by atoms with E-state index in [1.54, 1.807) is 21.3 Å². The maximum Gasteiger partial charge on any atom is 0.161 e. The Morgan fingerprint density at radius 2 is 1.85 bits per heavy atom. The highest BCUT2D eigenvalue weighted by atomic mass is 16.5. The molecule has 1 atom stereocenters. The van der Waals surface area contributed by atoms with Crippen molar-refractivity contribution in [1.82, 2.24) is 4.90 Å². The van der Waals surface area contributed by atoms with Gasteiger partial charge in [0.25, 0.3) is 0 Å². The molecule has 20 heavy (non-hydrogen) atoms. The van der Waals surface area contributed by atoms with Gasteiger partial charge in [0.2, 0.25) is 0 Å². The predicted octanol–water partition coefficient (Wildman–Crippen LogP) is 1.67. The lowest BCUT2D eigenvalue weighted by molar-refractivity contribution is 0.147. The maximum atomic E-state index is 6.28. The normalized spacial score (nSPS) is 12.5. The molecule has 1 aromatic rings. The van der Waals surface area contributed by atoms with E-state index in [-0.39, 0.29) is 6.04 Å². The van der Waals surface area contributed by atoms with E-state index in [4.69, 9.17) is 19.9 Å².